The van der Waals surface area contributed by atoms with Crippen LogP contribution in [0.25, 0.3) is 0 Å². The number of hydrogen-bond acceptors (Lipinski definition) is 4. The fourth-order valence-electron chi connectivity index (χ4n) is 2.64. The molecule has 7 heteroatoms. The first-order chi connectivity index (χ1) is 9.21. The molecule has 0 aromatic rings. The molecule has 6 nitrogen and oxygen atoms in total. The summed E-state index contributed by atoms with van der Waals surface area (Å²) in [6.07, 6.45) is 1.86. The number of nitrogens with zero attached hydrogens (tertiary/aromatic N) is 1. The van der Waals surface area contributed by atoms with Gasteiger partial charge in [-0.15, -0.1) is 0 Å². The van der Waals surface area contributed by atoms with E-state index in [9.17, 15) is 18.0 Å². The lowest BCUT2D eigenvalue weighted by Gasteiger charge is -2.43. The molecule has 0 aromatic heterocycles. The first-order valence-corrected chi connectivity index (χ1v) is 8.87. The molecule has 2 rings (SSSR count). The number of carbonyl (C=O) groups is 2. The van der Waals surface area contributed by atoms with E-state index in [4.69, 9.17) is 0 Å². The largest absolute Gasteiger partial charge is 0.340 e. The average molecular weight is 302 g/mol. The zero-order valence-corrected chi connectivity index (χ0v) is 13.0. The molecule has 0 aromatic carbocycles. The molecular weight excluding hydrogens is 280 g/mol. The average Bonchev–Trinajstić information content (AvgIpc) is 3.21. The molecule has 2 aliphatic rings. The molecule has 2 atom stereocenters. The van der Waals surface area contributed by atoms with Crippen LogP contribution in [0, 0.1) is 5.92 Å². The van der Waals surface area contributed by atoms with Gasteiger partial charge in [-0.1, -0.05) is 6.92 Å². The number of amides is 2. The van der Waals surface area contributed by atoms with Gasteiger partial charge in [0.25, 0.3) is 0 Å². The number of sulfone groups is 1. The summed E-state index contributed by atoms with van der Waals surface area (Å²) in [6, 6.07) is -0.610. The van der Waals surface area contributed by atoms with E-state index in [1.165, 1.54) is 4.90 Å². The van der Waals surface area contributed by atoms with Gasteiger partial charge in [-0.3, -0.25) is 9.59 Å². The van der Waals surface area contributed by atoms with Gasteiger partial charge < -0.3 is 10.2 Å². The fourth-order valence-corrected chi connectivity index (χ4v) is 3.41. The third-order valence-corrected chi connectivity index (χ3v) is 6.10. The van der Waals surface area contributed by atoms with Crippen molar-refractivity contribution < 1.29 is 18.0 Å². The number of piperazine rings is 1. The van der Waals surface area contributed by atoms with Crippen molar-refractivity contribution in [3.05, 3.63) is 0 Å². The van der Waals surface area contributed by atoms with Crippen molar-refractivity contribution in [2.24, 2.45) is 5.92 Å². The second kappa shape index (κ2) is 5.02. The molecule has 1 aliphatic heterocycles. The van der Waals surface area contributed by atoms with Crippen LogP contribution in [-0.2, 0) is 19.4 Å². The molecule has 1 N–H and O–H groups in total. The predicted molar refractivity (Wildman–Crippen MR) is 74.8 cm³/mol. The van der Waals surface area contributed by atoms with Gasteiger partial charge in [-0.05, 0) is 32.6 Å². The van der Waals surface area contributed by atoms with Crippen LogP contribution in [0.1, 0.15) is 33.6 Å². The Kier molecular flexibility index (Phi) is 3.83. The lowest BCUT2D eigenvalue weighted by molar-refractivity contribution is -0.154. The Morgan fingerprint density at radius 1 is 1.35 bits per heavy atom. The molecule has 1 saturated carbocycles. The highest BCUT2D eigenvalue weighted by atomic mass is 32.2. The quantitative estimate of drug-likeness (QED) is 0.771. The minimum atomic E-state index is -3.15. The van der Waals surface area contributed by atoms with Crippen LogP contribution in [0.15, 0.2) is 0 Å². The van der Waals surface area contributed by atoms with Gasteiger partial charge in [0.2, 0.25) is 11.8 Å². The summed E-state index contributed by atoms with van der Waals surface area (Å²) in [4.78, 5) is 26.1. The van der Waals surface area contributed by atoms with Gasteiger partial charge >= 0.3 is 0 Å². The predicted octanol–water partition coefficient (Wildman–Crippen LogP) is -0.0633. The third kappa shape index (κ3) is 2.68. The van der Waals surface area contributed by atoms with Gasteiger partial charge in [-0.2, -0.15) is 0 Å². The van der Waals surface area contributed by atoms with Crippen molar-refractivity contribution in [2.75, 3.05) is 18.1 Å². The Bertz CT molecular complexity index is 526. The van der Waals surface area contributed by atoms with Crippen molar-refractivity contribution in [3.63, 3.8) is 0 Å². The van der Waals surface area contributed by atoms with Gasteiger partial charge in [0.15, 0.2) is 9.84 Å². The third-order valence-electron chi connectivity index (χ3n) is 4.41. The molecule has 2 amide bonds. The minimum Gasteiger partial charge on any atom is -0.340 e. The molecule has 2 unspecified atom stereocenters. The van der Waals surface area contributed by atoms with E-state index in [0.717, 1.165) is 12.8 Å². The van der Waals surface area contributed by atoms with Gasteiger partial charge in [0.05, 0.1) is 5.75 Å². The van der Waals surface area contributed by atoms with Crippen LogP contribution in [0.5, 0.6) is 0 Å². The van der Waals surface area contributed by atoms with Crippen molar-refractivity contribution in [1.82, 2.24) is 10.2 Å². The Morgan fingerprint density at radius 2 is 1.95 bits per heavy atom. The summed E-state index contributed by atoms with van der Waals surface area (Å²) in [7, 11) is -3.15. The Balaban J connectivity index is 2.16. The number of hydrogen-bond donors (Lipinski definition) is 1. The summed E-state index contributed by atoms with van der Waals surface area (Å²) < 4.78 is 23.2. The van der Waals surface area contributed by atoms with Gasteiger partial charge in [0.1, 0.15) is 11.6 Å². The molecule has 2 fully saturated rings. The monoisotopic (exact) mass is 302 g/mol. The van der Waals surface area contributed by atoms with E-state index < -0.39 is 21.4 Å². The summed E-state index contributed by atoms with van der Waals surface area (Å²) >= 11 is 0. The summed E-state index contributed by atoms with van der Waals surface area (Å²) in [5.74, 6) is -0.216. The standard InChI is InChI=1S/C13H22N2O4S/c1-4-20(18,19)8-7-15-9(2)11(16)14-13(3,12(15)17)10-5-6-10/h9-10H,4-8H2,1-3H3,(H,14,16). The first-order valence-electron chi connectivity index (χ1n) is 7.05. The van der Waals surface area contributed by atoms with Crippen LogP contribution in [0.4, 0.5) is 0 Å². The molecule has 1 saturated heterocycles. The Labute approximate surface area is 119 Å². The highest BCUT2D eigenvalue weighted by Crippen LogP contribution is 2.42. The van der Waals surface area contributed by atoms with Crippen LogP contribution in [0.2, 0.25) is 0 Å². The minimum absolute atomic E-state index is 0.0511. The van der Waals surface area contributed by atoms with E-state index >= 15 is 0 Å². The lowest BCUT2D eigenvalue weighted by atomic mass is 9.90. The van der Waals surface area contributed by atoms with Crippen molar-refractivity contribution in [1.29, 1.82) is 0 Å². The lowest BCUT2D eigenvalue weighted by Crippen LogP contribution is -2.69. The number of nitrogens with one attached hydrogen (secondary N) is 1. The topological polar surface area (TPSA) is 83.6 Å². The second-order valence-corrected chi connectivity index (χ2v) is 8.35. The Hall–Kier alpha value is -1.11. The molecule has 20 heavy (non-hydrogen) atoms. The van der Waals surface area contributed by atoms with E-state index in [1.54, 1.807) is 20.8 Å². The zero-order chi connectivity index (χ0) is 15.1. The fraction of sp³-hybridized carbons (Fsp3) is 0.846. The van der Waals surface area contributed by atoms with Crippen LogP contribution >= 0.6 is 0 Å². The molecular formula is C13H22N2O4S. The van der Waals surface area contributed by atoms with Crippen LogP contribution < -0.4 is 5.32 Å². The van der Waals surface area contributed by atoms with Gasteiger partial charge in [-0.25, -0.2) is 8.42 Å². The maximum Gasteiger partial charge on any atom is 0.249 e. The normalized spacial score (nSPS) is 31.4. The van der Waals surface area contributed by atoms with Crippen molar-refractivity contribution in [2.45, 2.75) is 45.2 Å². The maximum atomic E-state index is 12.6. The highest BCUT2D eigenvalue weighted by molar-refractivity contribution is 7.91. The molecule has 0 bridgehead atoms. The van der Waals surface area contributed by atoms with E-state index in [1.807, 2.05) is 0 Å². The SMILES string of the molecule is CCS(=O)(=O)CCN1C(=O)C(C)(C2CC2)NC(=O)C1C. The Morgan fingerprint density at radius 3 is 2.45 bits per heavy atom. The highest BCUT2D eigenvalue weighted by Gasteiger charge is 2.54. The van der Waals surface area contributed by atoms with Crippen molar-refractivity contribution in [3.8, 4) is 0 Å². The molecule has 114 valence electrons. The smallest absolute Gasteiger partial charge is 0.249 e. The van der Waals surface area contributed by atoms with Gasteiger partial charge in [0, 0.05) is 12.3 Å². The first kappa shape index (κ1) is 15.3. The summed E-state index contributed by atoms with van der Waals surface area (Å²) in [6.45, 7) is 5.06. The molecule has 1 heterocycles. The van der Waals surface area contributed by atoms with E-state index in [2.05, 4.69) is 5.32 Å². The maximum absolute atomic E-state index is 12.6. The second-order valence-electron chi connectivity index (χ2n) is 5.88. The molecule has 0 spiro atoms. The van der Waals surface area contributed by atoms with Crippen LogP contribution in [0.3, 0.4) is 0 Å². The number of carbonyl (C=O) groups excluding carboxylic acids is 2. The van der Waals surface area contributed by atoms with Crippen LogP contribution in [-0.4, -0.2) is 54.8 Å². The van der Waals surface area contributed by atoms with E-state index in [-0.39, 0.29) is 35.8 Å². The summed E-state index contributed by atoms with van der Waals surface area (Å²) in [5.41, 5.74) is -0.862. The zero-order valence-electron chi connectivity index (χ0n) is 12.2. The van der Waals surface area contributed by atoms with Crippen molar-refractivity contribution >= 4 is 21.7 Å². The molecule has 0 radical (unpaired) electrons. The van der Waals surface area contributed by atoms with E-state index in [0.29, 0.717) is 0 Å². The number of rotatable bonds is 5. The molecule has 1 aliphatic carbocycles. The summed E-state index contributed by atoms with van der Waals surface area (Å²) in [5, 5.41) is 2.82.